The summed E-state index contributed by atoms with van der Waals surface area (Å²) in [7, 11) is 0. The normalized spacial score (nSPS) is 11.9. The average molecular weight is 323 g/mol. The highest BCUT2D eigenvalue weighted by atomic mass is 79.9. The molecule has 0 amide bonds. The van der Waals surface area contributed by atoms with Gasteiger partial charge in [0.05, 0.1) is 6.04 Å². The van der Waals surface area contributed by atoms with E-state index >= 15 is 0 Å². The summed E-state index contributed by atoms with van der Waals surface area (Å²) in [6.45, 7) is 0. The van der Waals surface area contributed by atoms with E-state index in [4.69, 9.17) is 5.73 Å². The van der Waals surface area contributed by atoms with Gasteiger partial charge in [0.25, 0.3) is 0 Å². The Balaban J connectivity index is 0.00000128. The second kappa shape index (κ2) is 5.77. The van der Waals surface area contributed by atoms with Crippen LogP contribution in [-0.4, -0.2) is 0 Å². The zero-order chi connectivity index (χ0) is 10.8. The predicted octanol–water partition coefficient (Wildman–Crippen LogP) is 4.12. The third kappa shape index (κ3) is 2.83. The Morgan fingerprint density at radius 1 is 1.31 bits per heavy atom. The number of thiophene rings is 1. The first-order valence-electron chi connectivity index (χ1n) is 4.42. The van der Waals surface area contributed by atoms with Crippen LogP contribution >= 0.6 is 39.7 Å². The van der Waals surface area contributed by atoms with Crippen molar-refractivity contribution in [2.45, 2.75) is 6.04 Å². The maximum absolute atomic E-state index is 13.1. The molecule has 0 aliphatic rings. The third-order valence-electron chi connectivity index (χ3n) is 2.14. The number of rotatable bonds is 2. The first kappa shape index (κ1) is 13.6. The molecular formula is C11H10BrClFNS. The molecule has 0 fully saturated rings. The molecule has 2 aromatic rings. The van der Waals surface area contributed by atoms with Gasteiger partial charge in [-0.3, -0.25) is 0 Å². The summed E-state index contributed by atoms with van der Waals surface area (Å²) in [5, 5.41) is 1.96. The van der Waals surface area contributed by atoms with Crippen molar-refractivity contribution in [3.05, 3.63) is 56.4 Å². The monoisotopic (exact) mass is 321 g/mol. The molecule has 0 saturated carbocycles. The Bertz CT molecular complexity index is 461. The number of hydrogen-bond acceptors (Lipinski definition) is 2. The van der Waals surface area contributed by atoms with E-state index in [2.05, 4.69) is 15.9 Å². The SMILES string of the molecule is Cl.N[C@H](c1cccs1)c1cc(F)ccc1Br. The maximum atomic E-state index is 13.1. The second-order valence-corrected chi connectivity index (χ2v) is 4.99. The lowest BCUT2D eigenvalue weighted by Gasteiger charge is -2.12. The summed E-state index contributed by atoms with van der Waals surface area (Å²) in [5.41, 5.74) is 6.82. The summed E-state index contributed by atoms with van der Waals surface area (Å²) >= 11 is 4.95. The molecule has 0 bridgehead atoms. The van der Waals surface area contributed by atoms with E-state index < -0.39 is 0 Å². The lowest BCUT2D eigenvalue weighted by molar-refractivity contribution is 0.623. The van der Waals surface area contributed by atoms with E-state index in [1.165, 1.54) is 12.1 Å². The van der Waals surface area contributed by atoms with Crippen molar-refractivity contribution in [2.24, 2.45) is 5.73 Å². The van der Waals surface area contributed by atoms with Gasteiger partial charge in [-0.15, -0.1) is 23.7 Å². The molecule has 16 heavy (non-hydrogen) atoms. The van der Waals surface area contributed by atoms with Gasteiger partial charge in [-0.2, -0.15) is 0 Å². The van der Waals surface area contributed by atoms with Crippen LogP contribution in [0.3, 0.4) is 0 Å². The minimum atomic E-state index is -0.268. The molecule has 0 saturated heterocycles. The van der Waals surface area contributed by atoms with Crippen LogP contribution in [0.15, 0.2) is 40.2 Å². The number of hydrogen-bond donors (Lipinski definition) is 1. The van der Waals surface area contributed by atoms with Gasteiger partial charge in [0.2, 0.25) is 0 Å². The van der Waals surface area contributed by atoms with Gasteiger partial charge < -0.3 is 5.73 Å². The van der Waals surface area contributed by atoms with Gasteiger partial charge in [0.15, 0.2) is 0 Å². The first-order valence-corrected chi connectivity index (χ1v) is 6.09. The number of nitrogens with two attached hydrogens (primary N) is 1. The second-order valence-electron chi connectivity index (χ2n) is 3.16. The molecule has 5 heteroatoms. The van der Waals surface area contributed by atoms with Gasteiger partial charge in [-0.1, -0.05) is 22.0 Å². The van der Waals surface area contributed by atoms with Crippen LogP contribution in [0, 0.1) is 5.82 Å². The molecule has 1 nitrogen and oxygen atoms in total. The van der Waals surface area contributed by atoms with Crippen LogP contribution < -0.4 is 5.73 Å². The molecule has 86 valence electrons. The largest absolute Gasteiger partial charge is 0.320 e. The minimum Gasteiger partial charge on any atom is -0.320 e. The van der Waals surface area contributed by atoms with Crippen LogP contribution in [0.5, 0.6) is 0 Å². The van der Waals surface area contributed by atoms with Crippen LogP contribution in [0.25, 0.3) is 0 Å². The number of halogens is 3. The van der Waals surface area contributed by atoms with E-state index in [1.807, 2.05) is 17.5 Å². The molecule has 0 aliphatic carbocycles. The van der Waals surface area contributed by atoms with Crippen molar-refractivity contribution in [1.82, 2.24) is 0 Å². The summed E-state index contributed by atoms with van der Waals surface area (Å²) < 4.78 is 13.9. The van der Waals surface area contributed by atoms with Crippen LogP contribution in [0.1, 0.15) is 16.5 Å². The van der Waals surface area contributed by atoms with Crippen molar-refractivity contribution in [1.29, 1.82) is 0 Å². The Hall–Kier alpha value is -0.420. The molecule has 2 rings (SSSR count). The van der Waals surface area contributed by atoms with Gasteiger partial charge in [0.1, 0.15) is 5.82 Å². The van der Waals surface area contributed by atoms with Crippen molar-refractivity contribution in [2.75, 3.05) is 0 Å². The van der Waals surface area contributed by atoms with Crippen molar-refractivity contribution in [3.63, 3.8) is 0 Å². The molecule has 1 heterocycles. The lowest BCUT2D eigenvalue weighted by atomic mass is 10.1. The van der Waals surface area contributed by atoms with Gasteiger partial charge in [0, 0.05) is 9.35 Å². The fourth-order valence-corrected chi connectivity index (χ4v) is 2.61. The zero-order valence-electron chi connectivity index (χ0n) is 8.19. The van der Waals surface area contributed by atoms with Gasteiger partial charge in [-0.05, 0) is 35.2 Å². The van der Waals surface area contributed by atoms with Gasteiger partial charge in [-0.25, -0.2) is 4.39 Å². The zero-order valence-corrected chi connectivity index (χ0v) is 11.4. The highest BCUT2D eigenvalue weighted by molar-refractivity contribution is 9.10. The highest BCUT2D eigenvalue weighted by Gasteiger charge is 2.13. The third-order valence-corrected chi connectivity index (χ3v) is 3.82. The quantitative estimate of drug-likeness (QED) is 0.884. The van der Waals surface area contributed by atoms with E-state index in [-0.39, 0.29) is 24.3 Å². The fourth-order valence-electron chi connectivity index (χ4n) is 1.37. The van der Waals surface area contributed by atoms with Crippen molar-refractivity contribution < 1.29 is 4.39 Å². The average Bonchev–Trinajstić information content (AvgIpc) is 2.74. The predicted molar refractivity (Wildman–Crippen MR) is 71.7 cm³/mol. The Morgan fingerprint density at radius 3 is 2.69 bits per heavy atom. The van der Waals surface area contributed by atoms with Crippen LogP contribution in [0.4, 0.5) is 4.39 Å². The Kier molecular flexibility index (Phi) is 4.92. The Labute approximate surface area is 112 Å². The fraction of sp³-hybridized carbons (Fsp3) is 0.0909. The van der Waals surface area contributed by atoms with E-state index in [0.717, 1.165) is 14.9 Å². The topological polar surface area (TPSA) is 26.0 Å². The summed E-state index contributed by atoms with van der Waals surface area (Å²) in [5.74, 6) is -0.264. The smallest absolute Gasteiger partial charge is 0.123 e. The van der Waals surface area contributed by atoms with Crippen LogP contribution in [0.2, 0.25) is 0 Å². The van der Waals surface area contributed by atoms with E-state index in [1.54, 1.807) is 17.4 Å². The molecular weight excluding hydrogens is 313 g/mol. The minimum absolute atomic E-state index is 0. The summed E-state index contributed by atoms with van der Waals surface area (Å²) in [4.78, 5) is 1.03. The van der Waals surface area contributed by atoms with Gasteiger partial charge >= 0.3 is 0 Å². The molecule has 0 spiro atoms. The standard InChI is InChI=1S/C11H9BrFNS.ClH/c12-9-4-3-7(13)6-8(9)11(14)10-2-1-5-15-10;/h1-6,11H,14H2;1H/t11-;/m0./s1. The molecule has 2 N–H and O–H groups in total. The molecule has 0 radical (unpaired) electrons. The molecule has 1 aromatic carbocycles. The molecule has 1 atom stereocenters. The molecule has 0 unspecified atom stereocenters. The van der Waals surface area contributed by atoms with Crippen molar-refractivity contribution >= 4 is 39.7 Å². The van der Waals surface area contributed by atoms with Crippen molar-refractivity contribution in [3.8, 4) is 0 Å². The first-order chi connectivity index (χ1) is 7.18. The lowest BCUT2D eigenvalue weighted by Crippen LogP contribution is -2.11. The molecule has 0 aliphatic heterocycles. The summed E-state index contributed by atoms with van der Waals surface area (Å²) in [6.07, 6.45) is 0. The Morgan fingerprint density at radius 2 is 2.06 bits per heavy atom. The number of benzene rings is 1. The van der Waals surface area contributed by atoms with E-state index in [9.17, 15) is 4.39 Å². The van der Waals surface area contributed by atoms with E-state index in [0.29, 0.717) is 0 Å². The molecule has 1 aromatic heterocycles. The summed E-state index contributed by atoms with van der Waals surface area (Å²) in [6, 6.07) is 8.18. The highest BCUT2D eigenvalue weighted by Crippen LogP contribution is 2.29. The maximum Gasteiger partial charge on any atom is 0.123 e. The van der Waals surface area contributed by atoms with Crippen LogP contribution in [-0.2, 0) is 0 Å².